The topological polar surface area (TPSA) is 61.9 Å². The summed E-state index contributed by atoms with van der Waals surface area (Å²) < 4.78 is 33.6. The maximum absolute atomic E-state index is 14.3. The van der Waals surface area contributed by atoms with Crippen molar-refractivity contribution in [2.24, 2.45) is 5.92 Å². The minimum atomic E-state index is -0.672. The molecule has 1 atom stereocenters. The van der Waals surface area contributed by atoms with E-state index < -0.39 is 11.6 Å². The molecule has 1 N–H and O–H groups in total. The van der Waals surface area contributed by atoms with E-state index in [2.05, 4.69) is 10.2 Å². The van der Waals surface area contributed by atoms with E-state index in [0.29, 0.717) is 43.2 Å². The Balaban J connectivity index is 1.35. The van der Waals surface area contributed by atoms with E-state index in [1.807, 2.05) is 4.90 Å². The molecule has 5 rings (SSSR count). The van der Waals surface area contributed by atoms with Gasteiger partial charge >= 0.3 is 0 Å². The fourth-order valence-corrected chi connectivity index (χ4v) is 5.10. The number of nitrogens with one attached hydrogen (secondary N) is 1. The maximum atomic E-state index is 14.3. The van der Waals surface area contributed by atoms with E-state index in [1.165, 1.54) is 12.1 Å². The van der Waals surface area contributed by atoms with Crippen molar-refractivity contribution < 1.29 is 23.1 Å². The van der Waals surface area contributed by atoms with Gasteiger partial charge < -0.3 is 15.0 Å². The largest absolute Gasteiger partial charge is 0.490 e. The van der Waals surface area contributed by atoms with Gasteiger partial charge in [0.25, 0.3) is 0 Å². The number of carbonyl (C=O) groups is 2. The fraction of sp³-hybridized carbons (Fsp3) is 0.440. The number of hydrogen-bond donors (Lipinski definition) is 1. The Morgan fingerprint density at radius 3 is 2.67 bits per heavy atom. The molecule has 1 aliphatic carbocycles. The van der Waals surface area contributed by atoms with Gasteiger partial charge in [0.15, 0.2) is 0 Å². The van der Waals surface area contributed by atoms with Crippen molar-refractivity contribution >= 4 is 17.5 Å². The lowest BCUT2D eigenvalue weighted by Gasteiger charge is -2.41. The van der Waals surface area contributed by atoms with Gasteiger partial charge in [-0.1, -0.05) is 18.9 Å². The lowest BCUT2D eigenvalue weighted by molar-refractivity contribution is -0.139. The smallest absolute Gasteiger partial charge is 0.238 e. The molecule has 0 radical (unpaired) electrons. The van der Waals surface area contributed by atoms with Crippen LogP contribution in [0.15, 0.2) is 36.4 Å². The SMILES string of the molecule is O=C1CN2CCN(C(=O)C3CCCC3)C[C@@H]2COc2ccc(-c3ccc(F)cc3F)cc2N1. The highest BCUT2D eigenvalue weighted by Gasteiger charge is 2.35. The van der Waals surface area contributed by atoms with Crippen LogP contribution in [0.25, 0.3) is 11.1 Å². The zero-order chi connectivity index (χ0) is 22.9. The van der Waals surface area contributed by atoms with Crippen molar-refractivity contribution in [1.29, 1.82) is 0 Å². The van der Waals surface area contributed by atoms with Crippen LogP contribution >= 0.6 is 0 Å². The quantitative estimate of drug-likeness (QED) is 0.751. The number of hydrogen-bond acceptors (Lipinski definition) is 4. The summed E-state index contributed by atoms with van der Waals surface area (Å²) in [6, 6.07) is 8.34. The molecule has 2 heterocycles. The summed E-state index contributed by atoms with van der Waals surface area (Å²) in [7, 11) is 0. The number of ether oxygens (including phenoxy) is 1. The molecule has 6 nitrogen and oxygen atoms in total. The molecular formula is C25H27F2N3O3. The molecule has 33 heavy (non-hydrogen) atoms. The molecule has 0 aromatic heterocycles. The monoisotopic (exact) mass is 455 g/mol. The van der Waals surface area contributed by atoms with Crippen LogP contribution in [0.5, 0.6) is 5.75 Å². The van der Waals surface area contributed by atoms with Gasteiger partial charge in [0.1, 0.15) is 24.0 Å². The zero-order valence-electron chi connectivity index (χ0n) is 18.4. The Morgan fingerprint density at radius 1 is 1.06 bits per heavy atom. The Hall–Kier alpha value is -3.00. The molecule has 2 aromatic carbocycles. The summed E-state index contributed by atoms with van der Waals surface area (Å²) in [6.45, 7) is 2.29. The van der Waals surface area contributed by atoms with Crippen LogP contribution in [0.2, 0.25) is 0 Å². The van der Waals surface area contributed by atoms with Gasteiger partial charge in [-0.25, -0.2) is 8.78 Å². The average Bonchev–Trinajstić information content (AvgIpc) is 3.34. The molecule has 0 unspecified atom stereocenters. The third kappa shape index (κ3) is 4.57. The number of halogens is 2. The predicted molar refractivity (Wildman–Crippen MR) is 120 cm³/mol. The van der Waals surface area contributed by atoms with Gasteiger partial charge in [0.2, 0.25) is 11.8 Å². The first-order valence-electron chi connectivity index (χ1n) is 11.5. The second kappa shape index (κ2) is 9.09. The molecule has 2 fully saturated rings. The lowest BCUT2D eigenvalue weighted by atomic mass is 10.0. The summed E-state index contributed by atoms with van der Waals surface area (Å²) in [5.41, 5.74) is 1.20. The van der Waals surface area contributed by atoms with E-state index in [1.54, 1.807) is 18.2 Å². The highest BCUT2D eigenvalue weighted by atomic mass is 19.1. The van der Waals surface area contributed by atoms with Crippen LogP contribution in [0.3, 0.4) is 0 Å². The van der Waals surface area contributed by atoms with Crippen molar-refractivity contribution in [2.45, 2.75) is 31.7 Å². The first-order valence-corrected chi connectivity index (χ1v) is 11.5. The molecule has 0 spiro atoms. The van der Waals surface area contributed by atoms with Crippen LogP contribution < -0.4 is 10.1 Å². The number of nitrogens with zero attached hydrogens (tertiary/aromatic N) is 2. The molecule has 2 aromatic rings. The van der Waals surface area contributed by atoms with Gasteiger partial charge in [-0.3, -0.25) is 14.5 Å². The lowest BCUT2D eigenvalue weighted by Crippen LogP contribution is -2.58. The first-order chi connectivity index (χ1) is 16.0. The van der Waals surface area contributed by atoms with E-state index in [9.17, 15) is 18.4 Å². The van der Waals surface area contributed by atoms with Gasteiger partial charge in [-0.05, 0) is 42.7 Å². The van der Waals surface area contributed by atoms with Crippen LogP contribution in [0, 0.1) is 17.6 Å². The molecule has 2 amide bonds. The molecule has 1 saturated carbocycles. The molecule has 1 saturated heterocycles. The first kappa shape index (κ1) is 21.8. The van der Waals surface area contributed by atoms with E-state index in [4.69, 9.17) is 4.74 Å². The van der Waals surface area contributed by atoms with Gasteiger partial charge in [0.05, 0.1) is 18.3 Å². The number of anilines is 1. The summed E-state index contributed by atoms with van der Waals surface area (Å²) in [5, 5.41) is 2.87. The van der Waals surface area contributed by atoms with E-state index in [-0.39, 0.29) is 35.9 Å². The number of carbonyl (C=O) groups excluding carboxylic acids is 2. The Kier molecular flexibility index (Phi) is 6.01. The number of fused-ring (bicyclic) bond motifs is 2. The summed E-state index contributed by atoms with van der Waals surface area (Å²) in [5.74, 6) is -0.678. The Morgan fingerprint density at radius 2 is 1.88 bits per heavy atom. The molecular weight excluding hydrogens is 428 g/mol. The third-order valence-electron chi connectivity index (χ3n) is 6.89. The minimum Gasteiger partial charge on any atom is -0.490 e. The number of rotatable bonds is 2. The molecule has 3 aliphatic rings. The normalized spacial score (nSPS) is 21.8. The maximum Gasteiger partial charge on any atom is 0.238 e. The summed E-state index contributed by atoms with van der Waals surface area (Å²) >= 11 is 0. The van der Waals surface area contributed by atoms with Crippen molar-refractivity contribution in [3.8, 4) is 16.9 Å². The second-order valence-corrected chi connectivity index (χ2v) is 9.08. The van der Waals surface area contributed by atoms with Gasteiger partial charge in [0, 0.05) is 37.2 Å². The van der Waals surface area contributed by atoms with Crippen LogP contribution in [0.1, 0.15) is 25.7 Å². The average molecular weight is 456 g/mol. The Bertz CT molecular complexity index is 1070. The molecule has 0 bridgehead atoms. The van der Waals surface area contributed by atoms with Crippen LogP contribution in [-0.4, -0.2) is 60.4 Å². The van der Waals surface area contributed by atoms with Crippen molar-refractivity contribution in [3.63, 3.8) is 0 Å². The van der Waals surface area contributed by atoms with E-state index >= 15 is 0 Å². The van der Waals surface area contributed by atoms with Gasteiger partial charge in [-0.15, -0.1) is 0 Å². The van der Waals surface area contributed by atoms with Gasteiger partial charge in [-0.2, -0.15) is 0 Å². The highest BCUT2D eigenvalue weighted by molar-refractivity contribution is 5.94. The minimum absolute atomic E-state index is 0.0879. The third-order valence-corrected chi connectivity index (χ3v) is 6.89. The standard InChI is InChI=1S/C25H27F2N3O3/c26-18-6-7-20(21(27)12-18)17-5-8-23-22(11-17)28-24(31)14-29-9-10-30(13-19(29)15-33-23)25(32)16-3-1-2-4-16/h5-8,11-12,16,19H,1-4,9-10,13-15H2,(H,28,31)/t19-/m1/s1. The number of piperazine rings is 1. The van der Waals surface area contributed by atoms with E-state index in [0.717, 1.165) is 31.7 Å². The highest BCUT2D eigenvalue weighted by Crippen LogP contribution is 2.34. The fourth-order valence-electron chi connectivity index (χ4n) is 5.10. The predicted octanol–water partition coefficient (Wildman–Crippen LogP) is 3.67. The molecule has 174 valence electrons. The van der Waals surface area contributed by atoms with Crippen LogP contribution in [-0.2, 0) is 9.59 Å². The number of amides is 2. The summed E-state index contributed by atoms with van der Waals surface area (Å²) in [6.07, 6.45) is 4.16. The molecule has 8 heteroatoms. The molecule has 2 aliphatic heterocycles. The van der Waals surface area contributed by atoms with Crippen molar-refractivity contribution in [2.75, 3.05) is 38.1 Å². The number of benzene rings is 2. The zero-order valence-corrected chi connectivity index (χ0v) is 18.4. The Labute approximate surface area is 191 Å². The van der Waals surface area contributed by atoms with Crippen molar-refractivity contribution in [3.05, 3.63) is 48.0 Å². The van der Waals surface area contributed by atoms with Crippen molar-refractivity contribution in [1.82, 2.24) is 9.80 Å². The summed E-state index contributed by atoms with van der Waals surface area (Å²) in [4.78, 5) is 29.7. The van der Waals surface area contributed by atoms with Crippen LogP contribution in [0.4, 0.5) is 14.5 Å². The second-order valence-electron chi connectivity index (χ2n) is 9.08.